The molecule has 2 heterocycles. The third kappa shape index (κ3) is 3.28. The Morgan fingerprint density at radius 2 is 2.05 bits per heavy atom. The van der Waals surface area contributed by atoms with Gasteiger partial charge < -0.3 is 11.1 Å². The van der Waals surface area contributed by atoms with Gasteiger partial charge in [-0.1, -0.05) is 0 Å². The summed E-state index contributed by atoms with van der Waals surface area (Å²) < 4.78 is 0. The number of hydrogen-bond acceptors (Lipinski definition) is 4. The number of nitrogens with zero attached hydrogens (tertiary/aromatic N) is 2. The van der Waals surface area contributed by atoms with Crippen molar-refractivity contribution in [1.29, 1.82) is 0 Å². The molecule has 0 aliphatic carbocycles. The highest BCUT2D eigenvalue weighted by molar-refractivity contribution is 5.97. The number of nitrogens with two attached hydrogens (primary N) is 1. The molecule has 2 rings (SSSR count). The number of nitrogens with one attached hydrogen (secondary N) is 1. The van der Waals surface area contributed by atoms with E-state index in [4.69, 9.17) is 5.73 Å². The molecule has 0 bridgehead atoms. The Kier molecular flexibility index (Phi) is 3.75. The first-order valence-corrected chi connectivity index (χ1v) is 5.99. The lowest BCUT2D eigenvalue weighted by Gasteiger charge is -2.10. The Morgan fingerprint density at radius 1 is 1.26 bits per heavy atom. The lowest BCUT2D eigenvalue weighted by atomic mass is 10.2. The fourth-order valence-corrected chi connectivity index (χ4v) is 1.79. The number of hydrogen-bond donors (Lipinski definition) is 2. The predicted molar refractivity (Wildman–Crippen MR) is 73.8 cm³/mol. The second-order valence-electron chi connectivity index (χ2n) is 4.37. The molecular formula is C14H16N4O. The number of primary amides is 1. The summed E-state index contributed by atoms with van der Waals surface area (Å²) in [5.41, 5.74) is 8.59. The van der Waals surface area contributed by atoms with E-state index in [1.165, 1.54) is 0 Å². The summed E-state index contributed by atoms with van der Waals surface area (Å²) in [7, 11) is 0. The van der Waals surface area contributed by atoms with Crippen LogP contribution in [0.1, 0.15) is 27.3 Å². The van der Waals surface area contributed by atoms with Crippen LogP contribution in [0.15, 0.2) is 30.5 Å². The van der Waals surface area contributed by atoms with Gasteiger partial charge in [0.15, 0.2) is 0 Å². The smallest absolute Gasteiger partial charge is 0.252 e. The molecule has 2 aromatic rings. The lowest BCUT2D eigenvalue weighted by Crippen LogP contribution is -2.16. The molecule has 19 heavy (non-hydrogen) atoms. The SMILES string of the molecule is Cc1cc(CNc2nc(C)ccc2C(N)=O)ccn1. The van der Waals surface area contributed by atoms with E-state index in [1.807, 2.05) is 26.0 Å². The molecule has 0 radical (unpaired) electrons. The maximum atomic E-state index is 11.3. The zero-order valence-electron chi connectivity index (χ0n) is 11.0. The zero-order valence-corrected chi connectivity index (χ0v) is 11.0. The Bertz CT molecular complexity index is 610. The number of carbonyl (C=O) groups excluding carboxylic acids is 1. The van der Waals surface area contributed by atoms with Gasteiger partial charge in [-0.25, -0.2) is 4.98 Å². The predicted octanol–water partition coefficient (Wildman–Crippen LogP) is 1.80. The number of rotatable bonds is 4. The number of carbonyl (C=O) groups is 1. The van der Waals surface area contributed by atoms with E-state index in [1.54, 1.807) is 18.3 Å². The molecule has 0 aliphatic rings. The van der Waals surface area contributed by atoms with Crippen LogP contribution in [0.5, 0.6) is 0 Å². The Hall–Kier alpha value is -2.43. The van der Waals surface area contributed by atoms with Gasteiger partial charge in [-0.15, -0.1) is 0 Å². The van der Waals surface area contributed by atoms with Crippen molar-refractivity contribution in [3.8, 4) is 0 Å². The average molecular weight is 256 g/mol. The van der Waals surface area contributed by atoms with E-state index in [-0.39, 0.29) is 0 Å². The van der Waals surface area contributed by atoms with Gasteiger partial charge in [0.2, 0.25) is 0 Å². The maximum Gasteiger partial charge on any atom is 0.252 e. The molecule has 0 unspecified atom stereocenters. The topological polar surface area (TPSA) is 80.9 Å². The molecule has 0 saturated heterocycles. The van der Waals surface area contributed by atoms with Gasteiger partial charge in [0.05, 0.1) is 5.56 Å². The Balaban J connectivity index is 2.19. The maximum absolute atomic E-state index is 11.3. The Labute approximate surface area is 111 Å². The van der Waals surface area contributed by atoms with Crippen molar-refractivity contribution in [2.45, 2.75) is 20.4 Å². The molecule has 0 aliphatic heterocycles. The molecule has 98 valence electrons. The van der Waals surface area contributed by atoms with Gasteiger partial charge in [0.1, 0.15) is 5.82 Å². The molecule has 1 amide bonds. The van der Waals surface area contributed by atoms with E-state index >= 15 is 0 Å². The second-order valence-corrected chi connectivity index (χ2v) is 4.37. The van der Waals surface area contributed by atoms with Crippen LogP contribution in [0.25, 0.3) is 0 Å². The van der Waals surface area contributed by atoms with Crippen LogP contribution in [0.2, 0.25) is 0 Å². The largest absolute Gasteiger partial charge is 0.365 e. The van der Waals surface area contributed by atoms with Crippen molar-refractivity contribution in [2.75, 3.05) is 5.32 Å². The monoisotopic (exact) mass is 256 g/mol. The average Bonchev–Trinajstić information content (AvgIpc) is 2.36. The van der Waals surface area contributed by atoms with Crippen molar-refractivity contribution in [1.82, 2.24) is 9.97 Å². The Morgan fingerprint density at radius 3 is 2.74 bits per heavy atom. The van der Waals surface area contributed by atoms with Gasteiger partial charge in [-0.05, 0) is 43.7 Å². The van der Waals surface area contributed by atoms with Crippen LogP contribution < -0.4 is 11.1 Å². The van der Waals surface area contributed by atoms with Crippen LogP contribution >= 0.6 is 0 Å². The van der Waals surface area contributed by atoms with Crippen LogP contribution in [0.3, 0.4) is 0 Å². The van der Waals surface area contributed by atoms with Gasteiger partial charge in [0.25, 0.3) is 5.91 Å². The van der Waals surface area contributed by atoms with E-state index in [0.29, 0.717) is 17.9 Å². The zero-order chi connectivity index (χ0) is 13.8. The normalized spacial score (nSPS) is 10.2. The van der Waals surface area contributed by atoms with Crippen molar-refractivity contribution in [2.24, 2.45) is 5.73 Å². The summed E-state index contributed by atoms with van der Waals surface area (Å²) >= 11 is 0. The van der Waals surface area contributed by atoms with Crippen molar-refractivity contribution in [3.05, 3.63) is 53.0 Å². The van der Waals surface area contributed by atoms with E-state index in [2.05, 4.69) is 15.3 Å². The van der Waals surface area contributed by atoms with Crippen molar-refractivity contribution in [3.63, 3.8) is 0 Å². The van der Waals surface area contributed by atoms with Crippen molar-refractivity contribution >= 4 is 11.7 Å². The summed E-state index contributed by atoms with van der Waals surface area (Å²) in [6, 6.07) is 7.35. The minimum Gasteiger partial charge on any atom is -0.365 e. The molecule has 0 saturated carbocycles. The first-order valence-electron chi connectivity index (χ1n) is 5.99. The van der Waals surface area contributed by atoms with Crippen molar-refractivity contribution < 1.29 is 4.79 Å². The van der Waals surface area contributed by atoms with Gasteiger partial charge in [-0.3, -0.25) is 9.78 Å². The second kappa shape index (κ2) is 5.48. The highest BCUT2D eigenvalue weighted by Crippen LogP contribution is 2.14. The summed E-state index contributed by atoms with van der Waals surface area (Å²) in [6.45, 7) is 4.37. The molecule has 5 nitrogen and oxygen atoms in total. The molecule has 5 heteroatoms. The first kappa shape index (κ1) is 13.0. The molecule has 0 atom stereocenters. The van der Waals surface area contributed by atoms with Gasteiger partial charge in [-0.2, -0.15) is 0 Å². The van der Waals surface area contributed by atoms with E-state index in [9.17, 15) is 4.79 Å². The third-order valence-electron chi connectivity index (χ3n) is 2.72. The fraction of sp³-hybridized carbons (Fsp3) is 0.214. The van der Waals surface area contributed by atoms with Gasteiger partial charge in [0, 0.05) is 24.1 Å². The fourth-order valence-electron chi connectivity index (χ4n) is 1.79. The summed E-state index contributed by atoms with van der Waals surface area (Å²) in [6.07, 6.45) is 1.75. The number of amides is 1. The minimum absolute atomic E-state index is 0.399. The standard InChI is InChI=1S/C14H16N4O/c1-9-3-4-12(13(15)19)14(18-9)17-8-11-5-6-16-10(2)7-11/h3-7H,8H2,1-2H3,(H2,15,19)(H,17,18). The van der Waals surface area contributed by atoms with Crippen LogP contribution in [0, 0.1) is 13.8 Å². The molecule has 2 aromatic heterocycles. The molecular weight excluding hydrogens is 240 g/mol. The van der Waals surface area contributed by atoms with E-state index in [0.717, 1.165) is 17.0 Å². The first-order chi connectivity index (χ1) is 9.06. The minimum atomic E-state index is -0.485. The number of pyridine rings is 2. The van der Waals surface area contributed by atoms with Crippen LogP contribution in [0.4, 0.5) is 5.82 Å². The molecule has 3 N–H and O–H groups in total. The summed E-state index contributed by atoms with van der Waals surface area (Å²) in [5.74, 6) is 0.0304. The summed E-state index contributed by atoms with van der Waals surface area (Å²) in [5, 5.41) is 3.14. The molecule has 0 fully saturated rings. The van der Waals surface area contributed by atoms with Gasteiger partial charge >= 0.3 is 0 Å². The van der Waals surface area contributed by atoms with Crippen LogP contribution in [-0.2, 0) is 6.54 Å². The summed E-state index contributed by atoms with van der Waals surface area (Å²) in [4.78, 5) is 19.8. The highest BCUT2D eigenvalue weighted by Gasteiger charge is 2.09. The highest BCUT2D eigenvalue weighted by atomic mass is 16.1. The number of aromatic nitrogens is 2. The quantitative estimate of drug-likeness (QED) is 0.874. The van der Waals surface area contributed by atoms with E-state index < -0.39 is 5.91 Å². The molecule has 0 aromatic carbocycles. The number of anilines is 1. The third-order valence-corrected chi connectivity index (χ3v) is 2.72. The van der Waals surface area contributed by atoms with Crippen LogP contribution in [-0.4, -0.2) is 15.9 Å². The lowest BCUT2D eigenvalue weighted by molar-refractivity contribution is 0.100. The molecule has 0 spiro atoms. The number of aryl methyl sites for hydroxylation is 2.